The van der Waals surface area contributed by atoms with Gasteiger partial charge in [-0.1, -0.05) is 29.3 Å². The molecule has 0 saturated heterocycles. The number of hydrogen-bond donors (Lipinski definition) is 0. The van der Waals surface area contributed by atoms with Crippen LogP contribution in [0.3, 0.4) is 0 Å². The fourth-order valence-electron chi connectivity index (χ4n) is 1.31. The molecule has 0 radical (unpaired) electrons. The molecule has 0 bridgehead atoms. The van der Waals surface area contributed by atoms with Crippen molar-refractivity contribution in [3.05, 3.63) is 33.8 Å². The standard InChI is InChI=1S/C11H9Cl2NO2/c1-11(6-14,10(15)16-2)8-4-3-7(12)5-9(8)13/h3-5H,1-2H3. The molecule has 0 aliphatic carbocycles. The van der Waals surface area contributed by atoms with Crippen LogP contribution in [0, 0.1) is 11.3 Å². The van der Waals surface area contributed by atoms with Gasteiger partial charge in [0, 0.05) is 15.6 Å². The highest BCUT2D eigenvalue weighted by Gasteiger charge is 2.38. The van der Waals surface area contributed by atoms with Gasteiger partial charge in [0.15, 0.2) is 5.41 Å². The number of rotatable bonds is 2. The van der Waals surface area contributed by atoms with Crippen molar-refractivity contribution in [3.63, 3.8) is 0 Å². The monoisotopic (exact) mass is 257 g/mol. The van der Waals surface area contributed by atoms with Gasteiger partial charge in [-0.05, 0) is 19.1 Å². The summed E-state index contributed by atoms with van der Waals surface area (Å²) in [6.07, 6.45) is 0. The second kappa shape index (κ2) is 4.73. The Labute approximate surface area is 104 Å². The van der Waals surface area contributed by atoms with Gasteiger partial charge in [0.2, 0.25) is 0 Å². The number of methoxy groups -OCH3 is 1. The number of hydrogen-bond acceptors (Lipinski definition) is 3. The highest BCUT2D eigenvalue weighted by atomic mass is 35.5. The van der Waals surface area contributed by atoms with Gasteiger partial charge in [-0.15, -0.1) is 0 Å². The molecule has 1 unspecified atom stereocenters. The van der Waals surface area contributed by atoms with Crippen LogP contribution in [0.2, 0.25) is 10.0 Å². The van der Waals surface area contributed by atoms with E-state index in [1.165, 1.54) is 20.1 Å². The predicted octanol–water partition coefficient (Wildman–Crippen LogP) is 2.95. The van der Waals surface area contributed by atoms with E-state index in [0.29, 0.717) is 10.6 Å². The van der Waals surface area contributed by atoms with Gasteiger partial charge in [-0.2, -0.15) is 5.26 Å². The lowest BCUT2D eigenvalue weighted by molar-refractivity contribution is -0.144. The molecule has 16 heavy (non-hydrogen) atoms. The number of ether oxygens (including phenoxy) is 1. The van der Waals surface area contributed by atoms with Crippen molar-refractivity contribution in [1.29, 1.82) is 5.26 Å². The van der Waals surface area contributed by atoms with Crippen LogP contribution in [0.25, 0.3) is 0 Å². The van der Waals surface area contributed by atoms with E-state index in [1.807, 2.05) is 6.07 Å². The molecule has 1 rings (SSSR count). The van der Waals surface area contributed by atoms with Crippen LogP contribution in [0.5, 0.6) is 0 Å². The Morgan fingerprint density at radius 3 is 2.56 bits per heavy atom. The predicted molar refractivity (Wildman–Crippen MR) is 61.4 cm³/mol. The van der Waals surface area contributed by atoms with E-state index >= 15 is 0 Å². The summed E-state index contributed by atoms with van der Waals surface area (Å²) in [5.41, 5.74) is -1.04. The van der Waals surface area contributed by atoms with E-state index in [0.717, 1.165) is 0 Å². The van der Waals surface area contributed by atoms with Crippen LogP contribution >= 0.6 is 23.2 Å². The normalized spacial score (nSPS) is 13.7. The summed E-state index contributed by atoms with van der Waals surface area (Å²) < 4.78 is 4.59. The third-order valence-electron chi connectivity index (χ3n) is 2.29. The largest absolute Gasteiger partial charge is 0.468 e. The maximum absolute atomic E-state index is 11.6. The van der Waals surface area contributed by atoms with Crippen molar-refractivity contribution >= 4 is 29.2 Å². The van der Waals surface area contributed by atoms with Crippen LogP contribution in [0.1, 0.15) is 12.5 Å². The molecule has 5 heteroatoms. The fraction of sp³-hybridized carbons (Fsp3) is 0.273. The first kappa shape index (κ1) is 12.8. The molecule has 0 fully saturated rings. The third-order valence-corrected chi connectivity index (χ3v) is 2.83. The van der Waals surface area contributed by atoms with Gasteiger partial charge in [0.25, 0.3) is 0 Å². The molecule has 1 atom stereocenters. The Hall–Kier alpha value is -1.24. The van der Waals surface area contributed by atoms with Crippen LogP contribution in [-0.2, 0) is 14.9 Å². The molecule has 0 amide bonds. The number of esters is 1. The maximum Gasteiger partial charge on any atom is 0.330 e. The van der Waals surface area contributed by atoms with E-state index in [4.69, 9.17) is 28.5 Å². The van der Waals surface area contributed by atoms with Gasteiger partial charge in [0.1, 0.15) is 0 Å². The van der Waals surface area contributed by atoms with Gasteiger partial charge in [-0.3, -0.25) is 0 Å². The molecule has 0 N–H and O–H groups in total. The highest BCUT2D eigenvalue weighted by molar-refractivity contribution is 6.35. The summed E-state index contributed by atoms with van der Waals surface area (Å²) in [7, 11) is 1.22. The Kier molecular flexibility index (Phi) is 3.79. The topological polar surface area (TPSA) is 50.1 Å². The van der Waals surface area contributed by atoms with Crippen molar-refractivity contribution in [3.8, 4) is 6.07 Å². The zero-order chi connectivity index (χ0) is 12.3. The van der Waals surface area contributed by atoms with E-state index in [2.05, 4.69) is 4.74 Å². The molecule has 0 heterocycles. The minimum absolute atomic E-state index is 0.266. The summed E-state index contributed by atoms with van der Waals surface area (Å²) in [6.45, 7) is 1.45. The molecular weight excluding hydrogens is 249 g/mol. The summed E-state index contributed by atoms with van der Waals surface area (Å²) in [6, 6.07) is 6.50. The number of nitriles is 1. The first-order valence-electron chi connectivity index (χ1n) is 4.41. The molecule has 0 aromatic heterocycles. The lowest BCUT2D eigenvalue weighted by atomic mass is 9.84. The van der Waals surface area contributed by atoms with Gasteiger partial charge >= 0.3 is 5.97 Å². The third kappa shape index (κ3) is 2.13. The second-order valence-corrected chi connectivity index (χ2v) is 4.20. The van der Waals surface area contributed by atoms with Crippen molar-refractivity contribution in [1.82, 2.24) is 0 Å². The summed E-state index contributed by atoms with van der Waals surface area (Å²) >= 11 is 11.7. The number of carbonyl (C=O) groups is 1. The minimum Gasteiger partial charge on any atom is -0.468 e. The molecule has 84 valence electrons. The van der Waals surface area contributed by atoms with Crippen molar-refractivity contribution < 1.29 is 9.53 Å². The average molecular weight is 258 g/mol. The molecule has 3 nitrogen and oxygen atoms in total. The second-order valence-electron chi connectivity index (χ2n) is 3.35. The Morgan fingerprint density at radius 2 is 2.12 bits per heavy atom. The van der Waals surface area contributed by atoms with Gasteiger partial charge in [-0.25, -0.2) is 4.79 Å². The average Bonchev–Trinajstić information content (AvgIpc) is 2.27. The van der Waals surface area contributed by atoms with E-state index < -0.39 is 11.4 Å². The summed E-state index contributed by atoms with van der Waals surface area (Å²) in [4.78, 5) is 11.6. The first-order valence-corrected chi connectivity index (χ1v) is 5.16. The maximum atomic E-state index is 11.6. The quantitative estimate of drug-likeness (QED) is 0.766. The van der Waals surface area contributed by atoms with Crippen LogP contribution in [-0.4, -0.2) is 13.1 Å². The van der Waals surface area contributed by atoms with Crippen LogP contribution in [0.15, 0.2) is 18.2 Å². The Balaban J connectivity index is 3.35. The Morgan fingerprint density at radius 1 is 1.50 bits per heavy atom. The SMILES string of the molecule is COC(=O)C(C)(C#N)c1ccc(Cl)cc1Cl. The zero-order valence-corrected chi connectivity index (χ0v) is 10.3. The first-order chi connectivity index (χ1) is 7.45. The van der Waals surface area contributed by atoms with Crippen molar-refractivity contribution in [2.45, 2.75) is 12.3 Å². The number of carbonyl (C=O) groups excluding carboxylic acids is 1. The van der Waals surface area contributed by atoms with E-state index in [9.17, 15) is 4.79 Å². The van der Waals surface area contributed by atoms with Crippen molar-refractivity contribution in [2.75, 3.05) is 7.11 Å². The molecule has 1 aromatic carbocycles. The number of halogens is 2. The molecular formula is C11H9Cl2NO2. The molecule has 0 aliphatic heterocycles. The molecule has 0 aliphatic rings. The summed E-state index contributed by atoms with van der Waals surface area (Å²) in [5.74, 6) is -0.653. The number of benzene rings is 1. The minimum atomic E-state index is -1.42. The van der Waals surface area contributed by atoms with Crippen LogP contribution in [0.4, 0.5) is 0 Å². The van der Waals surface area contributed by atoms with E-state index in [-0.39, 0.29) is 5.02 Å². The van der Waals surface area contributed by atoms with Crippen LogP contribution < -0.4 is 0 Å². The van der Waals surface area contributed by atoms with Gasteiger partial charge in [0.05, 0.1) is 13.2 Å². The molecule has 0 saturated carbocycles. The van der Waals surface area contributed by atoms with E-state index in [1.54, 1.807) is 12.1 Å². The summed E-state index contributed by atoms with van der Waals surface area (Å²) in [5, 5.41) is 9.80. The highest BCUT2D eigenvalue weighted by Crippen LogP contribution is 2.32. The van der Waals surface area contributed by atoms with Crippen molar-refractivity contribution in [2.24, 2.45) is 0 Å². The molecule has 1 aromatic rings. The molecule has 0 spiro atoms. The lowest BCUT2D eigenvalue weighted by Crippen LogP contribution is -2.32. The lowest BCUT2D eigenvalue weighted by Gasteiger charge is -2.20. The Bertz CT molecular complexity index is 468. The smallest absolute Gasteiger partial charge is 0.330 e. The number of nitrogens with zero attached hydrogens (tertiary/aromatic N) is 1. The zero-order valence-electron chi connectivity index (χ0n) is 8.75. The van der Waals surface area contributed by atoms with Gasteiger partial charge < -0.3 is 4.74 Å². The fourth-order valence-corrected chi connectivity index (χ4v) is 1.91.